The van der Waals surface area contributed by atoms with Gasteiger partial charge in [-0.1, -0.05) is 13.8 Å². The Labute approximate surface area is 123 Å². The van der Waals surface area contributed by atoms with Crippen LogP contribution in [0.5, 0.6) is 0 Å². The third-order valence-electron chi connectivity index (χ3n) is 3.40. The van der Waals surface area contributed by atoms with Crippen LogP contribution in [-0.4, -0.2) is 36.7 Å². The van der Waals surface area contributed by atoms with Gasteiger partial charge in [0, 0.05) is 24.2 Å². The van der Waals surface area contributed by atoms with Gasteiger partial charge in [0.2, 0.25) is 0 Å². The van der Waals surface area contributed by atoms with E-state index in [-0.39, 0.29) is 11.3 Å². The molecular weight excluding hydrogens is 276 g/mol. The largest absolute Gasteiger partial charge is 0.340 e. The van der Waals surface area contributed by atoms with Gasteiger partial charge >= 0.3 is 0 Å². The van der Waals surface area contributed by atoms with Crippen LogP contribution in [-0.2, 0) is 12.2 Å². The Morgan fingerprint density at radius 3 is 2.89 bits per heavy atom. The molecule has 1 aromatic rings. The number of nitrogens with two attached hydrogens (primary N) is 1. The Morgan fingerprint density at radius 1 is 1.53 bits per heavy atom. The van der Waals surface area contributed by atoms with Crippen molar-refractivity contribution >= 4 is 29.0 Å². The third kappa shape index (κ3) is 3.52. The maximum atomic E-state index is 12.4. The fourth-order valence-electron chi connectivity index (χ4n) is 2.22. The highest BCUT2D eigenvalue weighted by molar-refractivity contribution is 7.98. The minimum absolute atomic E-state index is 0.0306. The van der Waals surface area contributed by atoms with Crippen LogP contribution in [0.1, 0.15) is 34.0 Å². The van der Waals surface area contributed by atoms with Crippen LogP contribution in [0.3, 0.4) is 0 Å². The number of carbonyl (C=O) groups is 1. The van der Waals surface area contributed by atoms with E-state index in [1.807, 2.05) is 18.8 Å². The van der Waals surface area contributed by atoms with Crippen LogP contribution >= 0.6 is 23.1 Å². The van der Waals surface area contributed by atoms with E-state index >= 15 is 0 Å². The van der Waals surface area contributed by atoms with Crippen molar-refractivity contribution in [2.75, 3.05) is 25.9 Å². The molecule has 2 N–H and O–H groups in total. The molecule has 0 fully saturated rings. The maximum absolute atomic E-state index is 12.4. The second-order valence-electron chi connectivity index (χ2n) is 5.89. The van der Waals surface area contributed by atoms with Gasteiger partial charge in [0.05, 0.1) is 4.88 Å². The van der Waals surface area contributed by atoms with Crippen molar-refractivity contribution in [3.8, 4) is 0 Å². The van der Waals surface area contributed by atoms with E-state index in [0.29, 0.717) is 13.1 Å². The van der Waals surface area contributed by atoms with Crippen molar-refractivity contribution in [1.82, 2.24) is 4.90 Å². The van der Waals surface area contributed by atoms with Crippen molar-refractivity contribution in [2.45, 2.75) is 26.0 Å². The summed E-state index contributed by atoms with van der Waals surface area (Å²) in [6.45, 7) is 5.46. The molecule has 0 atom stereocenters. The Balaban J connectivity index is 2.09. The molecule has 0 aromatic carbocycles. The van der Waals surface area contributed by atoms with Gasteiger partial charge in [-0.15, -0.1) is 11.3 Å². The van der Waals surface area contributed by atoms with Gasteiger partial charge in [0.15, 0.2) is 0 Å². The second-order valence-corrected chi connectivity index (χ2v) is 8.13. The molecule has 0 unspecified atom stereocenters. The first-order chi connectivity index (χ1) is 8.93. The molecule has 3 nitrogen and oxygen atoms in total. The fourth-order valence-corrected chi connectivity index (χ4v) is 4.59. The Kier molecular flexibility index (Phi) is 4.58. The lowest BCUT2D eigenvalue weighted by Crippen LogP contribution is -2.39. The first-order valence-corrected chi connectivity index (χ1v) is 8.55. The van der Waals surface area contributed by atoms with Crippen LogP contribution in [0.2, 0.25) is 0 Å². The Bertz CT molecular complexity index is 445. The number of aryl methyl sites for hydroxylation is 1. The highest BCUT2D eigenvalue weighted by atomic mass is 32.2. The van der Waals surface area contributed by atoms with Crippen LogP contribution in [0.4, 0.5) is 0 Å². The van der Waals surface area contributed by atoms with Crippen LogP contribution in [0.15, 0.2) is 6.07 Å². The molecule has 106 valence electrons. The molecule has 5 heteroatoms. The van der Waals surface area contributed by atoms with Gasteiger partial charge in [-0.3, -0.25) is 4.79 Å². The molecule has 1 aliphatic heterocycles. The van der Waals surface area contributed by atoms with E-state index in [1.165, 1.54) is 16.2 Å². The lowest BCUT2D eigenvalue weighted by Gasteiger charge is -2.28. The molecule has 1 amide bonds. The SMILES string of the molecule is CN(CC(C)(C)CN)C(=O)c1cc2c(s1)CCSC2. The summed E-state index contributed by atoms with van der Waals surface area (Å²) < 4.78 is 0. The van der Waals surface area contributed by atoms with Crippen LogP contribution in [0.25, 0.3) is 0 Å². The molecule has 0 saturated carbocycles. The lowest BCUT2D eigenvalue weighted by atomic mass is 9.93. The normalized spacial score (nSPS) is 15.2. The van der Waals surface area contributed by atoms with Crippen molar-refractivity contribution in [3.05, 3.63) is 21.4 Å². The summed E-state index contributed by atoms with van der Waals surface area (Å²) >= 11 is 3.62. The predicted octanol–water partition coefficient (Wildman–Crippen LogP) is 2.59. The van der Waals surface area contributed by atoms with Crippen LogP contribution in [0, 0.1) is 5.41 Å². The quantitative estimate of drug-likeness (QED) is 0.929. The zero-order valence-corrected chi connectivity index (χ0v) is 13.5. The Hall–Kier alpha value is -0.520. The number of fused-ring (bicyclic) bond motifs is 1. The maximum Gasteiger partial charge on any atom is 0.263 e. The zero-order chi connectivity index (χ0) is 14.0. The number of thioether (sulfide) groups is 1. The van der Waals surface area contributed by atoms with Crippen LogP contribution < -0.4 is 5.73 Å². The first-order valence-electron chi connectivity index (χ1n) is 6.58. The summed E-state index contributed by atoms with van der Waals surface area (Å²) in [4.78, 5) is 16.5. The summed E-state index contributed by atoms with van der Waals surface area (Å²) in [5.41, 5.74) is 7.06. The number of hydrogen-bond acceptors (Lipinski definition) is 4. The second kappa shape index (κ2) is 5.85. The molecular formula is C14H22N2OS2. The van der Waals surface area contributed by atoms with E-state index in [0.717, 1.165) is 17.1 Å². The van der Waals surface area contributed by atoms with E-state index < -0.39 is 0 Å². The zero-order valence-electron chi connectivity index (χ0n) is 11.9. The number of rotatable bonds is 4. The van der Waals surface area contributed by atoms with Crippen molar-refractivity contribution < 1.29 is 4.79 Å². The van der Waals surface area contributed by atoms with Crippen molar-refractivity contribution in [2.24, 2.45) is 11.1 Å². The van der Waals surface area contributed by atoms with Gasteiger partial charge < -0.3 is 10.6 Å². The van der Waals surface area contributed by atoms with Gasteiger partial charge in [0.1, 0.15) is 0 Å². The smallest absolute Gasteiger partial charge is 0.263 e. The Morgan fingerprint density at radius 2 is 2.26 bits per heavy atom. The summed E-state index contributed by atoms with van der Waals surface area (Å²) in [5, 5.41) is 0. The van der Waals surface area contributed by atoms with E-state index in [4.69, 9.17) is 5.73 Å². The molecule has 2 heterocycles. The van der Waals surface area contributed by atoms with Gasteiger partial charge in [0.25, 0.3) is 5.91 Å². The third-order valence-corrected chi connectivity index (χ3v) is 5.64. The van der Waals surface area contributed by atoms with Crippen molar-refractivity contribution in [1.29, 1.82) is 0 Å². The molecule has 1 aromatic heterocycles. The van der Waals surface area contributed by atoms with E-state index in [2.05, 4.69) is 19.9 Å². The molecule has 0 bridgehead atoms. The predicted molar refractivity (Wildman–Crippen MR) is 84.0 cm³/mol. The number of hydrogen-bond donors (Lipinski definition) is 1. The fraction of sp³-hybridized carbons (Fsp3) is 0.643. The molecule has 2 rings (SSSR count). The van der Waals surface area contributed by atoms with Gasteiger partial charge in [-0.05, 0) is 35.8 Å². The topological polar surface area (TPSA) is 46.3 Å². The molecule has 19 heavy (non-hydrogen) atoms. The van der Waals surface area contributed by atoms with Crippen molar-refractivity contribution in [3.63, 3.8) is 0 Å². The minimum atomic E-state index is -0.0306. The minimum Gasteiger partial charge on any atom is -0.340 e. The average molecular weight is 298 g/mol. The number of carbonyl (C=O) groups excluding carboxylic acids is 1. The molecule has 0 spiro atoms. The number of nitrogens with zero attached hydrogens (tertiary/aromatic N) is 1. The number of thiophene rings is 1. The first kappa shape index (κ1) is 14.9. The molecule has 0 saturated heterocycles. The molecule has 1 aliphatic rings. The summed E-state index contributed by atoms with van der Waals surface area (Å²) in [6.07, 6.45) is 1.11. The summed E-state index contributed by atoms with van der Waals surface area (Å²) in [7, 11) is 1.87. The average Bonchev–Trinajstić information content (AvgIpc) is 2.81. The molecule has 0 radical (unpaired) electrons. The lowest BCUT2D eigenvalue weighted by molar-refractivity contribution is 0.0745. The highest BCUT2D eigenvalue weighted by Gasteiger charge is 2.24. The van der Waals surface area contributed by atoms with E-state index in [1.54, 1.807) is 16.2 Å². The standard InChI is InChI=1S/C14H22N2OS2/c1-14(2,8-15)9-16(3)13(17)12-6-10-7-18-5-4-11(10)19-12/h6H,4-5,7-9,15H2,1-3H3. The van der Waals surface area contributed by atoms with E-state index in [9.17, 15) is 4.79 Å². The highest BCUT2D eigenvalue weighted by Crippen LogP contribution is 2.32. The van der Waals surface area contributed by atoms with Gasteiger partial charge in [-0.25, -0.2) is 0 Å². The monoisotopic (exact) mass is 298 g/mol. The molecule has 0 aliphatic carbocycles. The summed E-state index contributed by atoms with van der Waals surface area (Å²) in [5.74, 6) is 2.36. The van der Waals surface area contributed by atoms with Gasteiger partial charge in [-0.2, -0.15) is 11.8 Å². The number of amides is 1. The summed E-state index contributed by atoms with van der Waals surface area (Å²) in [6, 6.07) is 2.08.